The number of ketones is 1. The minimum absolute atomic E-state index is 0.00995. The molecule has 20 heavy (non-hydrogen) atoms. The fourth-order valence-electron chi connectivity index (χ4n) is 2.23. The summed E-state index contributed by atoms with van der Waals surface area (Å²) < 4.78 is 13.6. The average Bonchev–Trinajstić information content (AvgIpc) is 2.74. The molecule has 0 fully saturated rings. The van der Waals surface area contributed by atoms with E-state index in [1.807, 2.05) is 0 Å². The van der Waals surface area contributed by atoms with Crippen LogP contribution < -0.4 is 0 Å². The topological polar surface area (TPSA) is 90.4 Å². The molecule has 0 aliphatic heterocycles. The lowest BCUT2D eigenvalue weighted by Crippen LogP contribution is -2.05. The minimum atomic E-state index is -0.495. The Morgan fingerprint density at radius 1 is 1.10 bits per heavy atom. The van der Waals surface area contributed by atoms with Crippen LogP contribution in [0.2, 0.25) is 0 Å². The molecule has 1 aromatic carbocycles. The summed E-state index contributed by atoms with van der Waals surface area (Å²) in [4.78, 5) is 20.2. The highest BCUT2D eigenvalue weighted by Gasteiger charge is 2.33. The number of fused-ring (bicyclic) bond motifs is 3. The molecule has 0 spiro atoms. The number of rotatable bonds is 0. The van der Waals surface area contributed by atoms with Crippen LogP contribution >= 0.6 is 0 Å². The zero-order valence-electron chi connectivity index (χ0n) is 10.2. The molecule has 0 unspecified atom stereocenters. The van der Waals surface area contributed by atoms with Crippen molar-refractivity contribution >= 4 is 5.78 Å². The Balaban J connectivity index is 2.40. The number of halogens is 1. The molecule has 0 saturated carbocycles. The van der Waals surface area contributed by atoms with Crippen LogP contribution in [-0.2, 0) is 0 Å². The minimum Gasteiger partial charge on any atom is -0.287 e. The second-order valence-electron chi connectivity index (χ2n) is 4.27. The molecule has 5 nitrogen and oxygen atoms in total. The van der Waals surface area contributed by atoms with Crippen molar-refractivity contribution in [2.45, 2.75) is 6.92 Å². The maximum absolute atomic E-state index is 13.6. The fraction of sp³-hybridized carbons (Fsp3) is 0.0714. The van der Waals surface area contributed by atoms with Gasteiger partial charge < -0.3 is 0 Å². The number of carbonyl (C=O) groups is 1. The quantitative estimate of drug-likeness (QED) is 0.618. The predicted octanol–water partition coefficient (Wildman–Crippen LogP) is 1.88. The van der Waals surface area contributed by atoms with Crippen molar-refractivity contribution in [2.75, 3.05) is 0 Å². The van der Waals surface area contributed by atoms with Crippen LogP contribution in [-0.4, -0.2) is 15.8 Å². The molecule has 3 rings (SSSR count). The Morgan fingerprint density at radius 3 is 2.30 bits per heavy atom. The standard InChI is InChI=1S/C14H5FN4O/c1-6-8(15)3-2-7-11(6)14(20)13-12(7)18-9(4-16)10(5-17)19-13/h2-3H,1H3. The van der Waals surface area contributed by atoms with E-state index in [0.717, 1.165) is 0 Å². The summed E-state index contributed by atoms with van der Waals surface area (Å²) >= 11 is 0. The monoisotopic (exact) mass is 264 g/mol. The lowest BCUT2D eigenvalue weighted by molar-refractivity contribution is 0.103. The van der Waals surface area contributed by atoms with E-state index in [9.17, 15) is 9.18 Å². The van der Waals surface area contributed by atoms with Crippen LogP contribution in [0, 0.1) is 35.4 Å². The molecule has 2 aromatic rings. The van der Waals surface area contributed by atoms with Gasteiger partial charge in [-0.15, -0.1) is 0 Å². The van der Waals surface area contributed by atoms with E-state index in [4.69, 9.17) is 10.5 Å². The Labute approximate surface area is 112 Å². The third-order valence-corrected chi connectivity index (χ3v) is 3.20. The van der Waals surface area contributed by atoms with E-state index in [-0.39, 0.29) is 33.9 Å². The lowest BCUT2D eigenvalue weighted by Gasteiger charge is -2.02. The van der Waals surface area contributed by atoms with Gasteiger partial charge in [0, 0.05) is 11.1 Å². The first-order valence-electron chi connectivity index (χ1n) is 5.65. The summed E-state index contributed by atoms with van der Waals surface area (Å²) in [5.41, 5.74) is 0.716. The van der Waals surface area contributed by atoms with Crippen molar-refractivity contribution in [3.8, 4) is 23.4 Å². The fourth-order valence-corrected chi connectivity index (χ4v) is 2.23. The van der Waals surface area contributed by atoms with Crippen molar-refractivity contribution in [3.63, 3.8) is 0 Å². The van der Waals surface area contributed by atoms with E-state index in [0.29, 0.717) is 5.56 Å². The Hall–Kier alpha value is -3.12. The largest absolute Gasteiger partial charge is 0.287 e. The molecule has 0 radical (unpaired) electrons. The highest BCUT2D eigenvalue weighted by Crippen LogP contribution is 2.37. The number of aromatic nitrogens is 2. The molecule has 1 aromatic heterocycles. The average molecular weight is 264 g/mol. The maximum Gasteiger partial charge on any atom is 0.214 e. The zero-order valence-corrected chi connectivity index (χ0v) is 10.2. The lowest BCUT2D eigenvalue weighted by atomic mass is 10.0. The first-order valence-corrected chi connectivity index (χ1v) is 5.65. The van der Waals surface area contributed by atoms with Crippen molar-refractivity contribution in [2.24, 2.45) is 0 Å². The first-order chi connectivity index (χ1) is 9.58. The van der Waals surface area contributed by atoms with Crippen LogP contribution in [0.25, 0.3) is 11.3 Å². The van der Waals surface area contributed by atoms with Gasteiger partial charge in [-0.2, -0.15) is 10.5 Å². The van der Waals surface area contributed by atoms with E-state index in [2.05, 4.69) is 9.97 Å². The molecular formula is C14H5FN4O. The van der Waals surface area contributed by atoms with Gasteiger partial charge in [-0.3, -0.25) is 4.79 Å². The summed E-state index contributed by atoms with van der Waals surface area (Å²) in [7, 11) is 0. The summed E-state index contributed by atoms with van der Waals surface area (Å²) in [6.45, 7) is 1.49. The van der Waals surface area contributed by atoms with Gasteiger partial charge in [0.05, 0.1) is 0 Å². The van der Waals surface area contributed by atoms with E-state index in [1.54, 1.807) is 12.1 Å². The molecule has 94 valence electrons. The smallest absolute Gasteiger partial charge is 0.214 e. The molecule has 0 N–H and O–H groups in total. The maximum atomic E-state index is 13.6. The van der Waals surface area contributed by atoms with Gasteiger partial charge in [-0.05, 0) is 24.6 Å². The molecule has 0 amide bonds. The van der Waals surface area contributed by atoms with Crippen molar-refractivity contribution in [1.82, 2.24) is 9.97 Å². The second kappa shape index (κ2) is 3.94. The predicted molar refractivity (Wildman–Crippen MR) is 65.0 cm³/mol. The van der Waals surface area contributed by atoms with Gasteiger partial charge in [-0.1, -0.05) is 0 Å². The molecular weight excluding hydrogens is 259 g/mol. The van der Waals surface area contributed by atoms with Crippen molar-refractivity contribution < 1.29 is 9.18 Å². The van der Waals surface area contributed by atoms with Gasteiger partial charge in [-0.25, -0.2) is 14.4 Å². The third-order valence-electron chi connectivity index (χ3n) is 3.20. The van der Waals surface area contributed by atoms with E-state index < -0.39 is 11.6 Å². The SMILES string of the molecule is Cc1c(F)ccc2c1C(=O)c1nc(C#N)c(C#N)nc1-2. The highest BCUT2D eigenvalue weighted by molar-refractivity contribution is 6.20. The van der Waals surface area contributed by atoms with E-state index >= 15 is 0 Å². The molecule has 1 aliphatic carbocycles. The number of carbonyl (C=O) groups excluding carboxylic acids is 1. The number of hydrogen-bond donors (Lipinski definition) is 0. The van der Waals surface area contributed by atoms with Crippen molar-refractivity contribution in [3.05, 3.63) is 46.2 Å². The molecule has 6 heteroatoms. The second-order valence-corrected chi connectivity index (χ2v) is 4.27. The van der Waals surface area contributed by atoms with Gasteiger partial charge >= 0.3 is 0 Å². The Morgan fingerprint density at radius 2 is 1.70 bits per heavy atom. The number of benzene rings is 1. The van der Waals surface area contributed by atoms with Crippen LogP contribution in [0.4, 0.5) is 4.39 Å². The van der Waals surface area contributed by atoms with Gasteiger partial charge in [0.2, 0.25) is 5.78 Å². The Kier molecular flexibility index (Phi) is 2.35. The highest BCUT2D eigenvalue weighted by atomic mass is 19.1. The number of nitrogens with zero attached hydrogens (tertiary/aromatic N) is 4. The van der Waals surface area contributed by atoms with Crippen LogP contribution in [0.15, 0.2) is 12.1 Å². The molecule has 1 heterocycles. The molecule has 1 aliphatic rings. The zero-order chi connectivity index (χ0) is 14.4. The summed E-state index contributed by atoms with van der Waals surface area (Å²) in [5, 5.41) is 17.9. The number of nitriles is 2. The van der Waals surface area contributed by atoms with Crippen LogP contribution in [0.1, 0.15) is 33.0 Å². The van der Waals surface area contributed by atoms with E-state index in [1.165, 1.54) is 19.1 Å². The van der Waals surface area contributed by atoms with Gasteiger partial charge in [0.1, 0.15) is 29.3 Å². The molecule has 0 saturated heterocycles. The number of hydrogen-bond acceptors (Lipinski definition) is 5. The van der Waals surface area contributed by atoms with Crippen molar-refractivity contribution in [1.29, 1.82) is 10.5 Å². The van der Waals surface area contributed by atoms with Gasteiger partial charge in [0.15, 0.2) is 11.4 Å². The summed E-state index contributed by atoms with van der Waals surface area (Å²) in [6, 6.07) is 6.17. The van der Waals surface area contributed by atoms with Crippen LogP contribution in [0.5, 0.6) is 0 Å². The normalized spacial score (nSPS) is 11.5. The van der Waals surface area contributed by atoms with Gasteiger partial charge in [0.25, 0.3) is 0 Å². The third kappa shape index (κ3) is 1.36. The van der Waals surface area contributed by atoms with Crippen LogP contribution in [0.3, 0.4) is 0 Å². The molecule has 0 bridgehead atoms. The Bertz CT molecular complexity index is 874. The summed E-state index contributed by atoms with van der Waals surface area (Å²) in [5.74, 6) is -0.966. The molecule has 0 atom stereocenters. The summed E-state index contributed by atoms with van der Waals surface area (Å²) in [6.07, 6.45) is 0. The first kappa shape index (κ1) is 11.9.